The molecule has 0 radical (unpaired) electrons. The Morgan fingerprint density at radius 2 is 2.00 bits per heavy atom. The molecule has 0 bridgehead atoms. The van der Waals surface area contributed by atoms with Crippen LogP contribution in [0.2, 0.25) is 0 Å². The Hall–Kier alpha value is -0.160. The summed E-state index contributed by atoms with van der Waals surface area (Å²) in [6, 6.07) is 0. The van der Waals surface area contributed by atoms with E-state index in [1.807, 2.05) is 0 Å². The second-order valence-electron chi connectivity index (χ2n) is 1.82. The van der Waals surface area contributed by atoms with Crippen molar-refractivity contribution >= 4 is 17.9 Å². The van der Waals surface area contributed by atoms with E-state index in [1.54, 1.807) is 0 Å². The third-order valence-corrected chi connectivity index (χ3v) is 1.40. The zero-order valence-electron chi connectivity index (χ0n) is 5.14. The van der Waals surface area contributed by atoms with Gasteiger partial charge in [-0.2, -0.15) is 0 Å². The first-order valence-corrected chi connectivity index (χ1v) is 3.13. The fourth-order valence-corrected chi connectivity index (χ4v) is 0.569. The maximum Gasteiger partial charge on any atom is 0.140 e. The first kappa shape index (κ1) is 9.84. The van der Waals surface area contributed by atoms with Crippen LogP contribution in [0.25, 0.3) is 0 Å². The number of hydrogen-bond acceptors (Lipinski definition) is 4. The number of carbonyl (C=O) groups is 1. The van der Waals surface area contributed by atoms with Crippen LogP contribution in [-0.2, 0) is 4.79 Å². The fraction of sp³-hybridized carbons (Fsp3) is 0.800. The van der Waals surface area contributed by atoms with Crippen molar-refractivity contribution in [2.75, 3.05) is 6.61 Å². The molecule has 0 aromatic heterocycles. The summed E-state index contributed by atoms with van der Waals surface area (Å²) in [4.78, 5) is 9.88. The average Bonchev–Trinajstić information content (AvgIpc) is 2.00. The van der Waals surface area contributed by atoms with Crippen LogP contribution < -0.4 is 0 Å². The average molecular weight is 169 g/mol. The number of aldehydes is 1. The van der Waals surface area contributed by atoms with Gasteiger partial charge in [0.05, 0.1) is 6.61 Å². The highest BCUT2D eigenvalue weighted by Gasteiger charge is 2.23. The number of carbonyl (C=O) groups excluding carboxylic acids is 1. The number of aliphatic hydroxyl groups excluding tert-OH is 3. The SMILES string of the molecule is O=C[C@H](Cl)[C@H](O)[C@H](O)CO. The third-order valence-electron chi connectivity index (χ3n) is 1.04. The Bertz CT molecular complexity index is 108. The normalized spacial score (nSPS) is 19.6. The Morgan fingerprint density at radius 3 is 2.30 bits per heavy atom. The number of halogens is 1. The lowest BCUT2D eigenvalue weighted by Gasteiger charge is -2.15. The summed E-state index contributed by atoms with van der Waals surface area (Å²) in [5.74, 6) is 0. The van der Waals surface area contributed by atoms with Gasteiger partial charge in [0.1, 0.15) is 23.9 Å². The van der Waals surface area contributed by atoms with Crippen molar-refractivity contribution in [2.45, 2.75) is 17.6 Å². The van der Waals surface area contributed by atoms with Crippen LogP contribution in [0.3, 0.4) is 0 Å². The Labute approximate surface area is 63.0 Å². The maximum absolute atomic E-state index is 9.88. The Kier molecular flexibility index (Phi) is 4.55. The van der Waals surface area contributed by atoms with Gasteiger partial charge >= 0.3 is 0 Å². The molecule has 0 aromatic rings. The zero-order chi connectivity index (χ0) is 8.15. The van der Waals surface area contributed by atoms with Crippen molar-refractivity contribution in [1.29, 1.82) is 0 Å². The van der Waals surface area contributed by atoms with Crippen molar-refractivity contribution in [1.82, 2.24) is 0 Å². The molecule has 0 aliphatic rings. The number of alkyl halides is 1. The predicted octanol–water partition coefficient (Wildman–Crippen LogP) is -1.49. The second kappa shape index (κ2) is 4.62. The van der Waals surface area contributed by atoms with Crippen molar-refractivity contribution < 1.29 is 20.1 Å². The summed E-state index contributed by atoms with van der Waals surface area (Å²) >= 11 is 5.20. The summed E-state index contributed by atoms with van der Waals surface area (Å²) in [6.07, 6.45) is -2.46. The summed E-state index contributed by atoms with van der Waals surface area (Å²) in [5.41, 5.74) is 0. The molecule has 5 heteroatoms. The topological polar surface area (TPSA) is 77.8 Å². The van der Waals surface area contributed by atoms with Crippen LogP contribution in [0.15, 0.2) is 0 Å². The van der Waals surface area contributed by atoms with Gasteiger partial charge in [-0.3, -0.25) is 0 Å². The minimum Gasteiger partial charge on any atom is -0.394 e. The highest BCUT2D eigenvalue weighted by atomic mass is 35.5. The highest BCUT2D eigenvalue weighted by Crippen LogP contribution is 2.03. The molecule has 0 aliphatic heterocycles. The van der Waals surface area contributed by atoms with Gasteiger partial charge in [-0.15, -0.1) is 11.6 Å². The third kappa shape index (κ3) is 2.62. The molecular formula is C5H9ClO4. The first-order chi connectivity index (χ1) is 4.63. The van der Waals surface area contributed by atoms with Crippen molar-refractivity contribution in [3.05, 3.63) is 0 Å². The molecule has 10 heavy (non-hydrogen) atoms. The van der Waals surface area contributed by atoms with Gasteiger partial charge in [0.2, 0.25) is 0 Å². The van der Waals surface area contributed by atoms with Gasteiger partial charge in [0.25, 0.3) is 0 Å². The monoisotopic (exact) mass is 168 g/mol. The molecule has 0 unspecified atom stereocenters. The molecule has 0 saturated carbocycles. The van der Waals surface area contributed by atoms with E-state index in [2.05, 4.69) is 0 Å². The second-order valence-corrected chi connectivity index (χ2v) is 2.32. The van der Waals surface area contributed by atoms with Gasteiger partial charge in [-0.05, 0) is 0 Å². The molecule has 0 aromatic carbocycles. The van der Waals surface area contributed by atoms with Gasteiger partial charge < -0.3 is 20.1 Å². The lowest BCUT2D eigenvalue weighted by Crippen LogP contribution is -2.37. The predicted molar refractivity (Wildman–Crippen MR) is 34.8 cm³/mol. The molecule has 0 spiro atoms. The zero-order valence-corrected chi connectivity index (χ0v) is 5.90. The van der Waals surface area contributed by atoms with Crippen molar-refractivity contribution in [3.63, 3.8) is 0 Å². The summed E-state index contributed by atoms with van der Waals surface area (Å²) in [6.45, 7) is -0.613. The molecule has 0 saturated heterocycles. The van der Waals surface area contributed by atoms with Crippen LogP contribution >= 0.6 is 11.6 Å². The first-order valence-electron chi connectivity index (χ1n) is 2.69. The van der Waals surface area contributed by atoms with Gasteiger partial charge in [-0.25, -0.2) is 0 Å². The van der Waals surface area contributed by atoms with Gasteiger partial charge in [-0.1, -0.05) is 0 Å². The fourth-order valence-electron chi connectivity index (χ4n) is 0.401. The van der Waals surface area contributed by atoms with Crippen molar-refractivity contribution in [2.24, 2.45) is 0 Å². The summed E-state index contributed by atoms with van der Waals surface area (Å²) in [7, 11) is 0. The van der Waals surface area contributed by atoms with Crippen molar-refractivity contribution in [3.8, 4) is 0 Å². The maximum atomic E-state index is 9.88. The van der Waals surface area contributed by atoms with E-state index in [9.17, 15) is 4.79 Å². The summed E-state index contributed by atoms with van der Waals surface area (Å²) < 4.78 is 0. The largest absolute Gasteiger partial charge is 0.394 e. The van der Waals surface area contributed by atoms with Gasteiger partial charge in [0.15, 0.2) is 0 Å². The van der Waals surface area contributed by atoms with E-state index >= 15 is 0 Å². The molecule has 60 valence electrons. The van der Waals surface area contributed by atoms with Crippen LogP contribution in [0.4, 0.5) is 0 Å². The van der Waals surface area contributed by atoms with E-state index < -0.39 is 24.2 Å². The molecule has 0 heterocycles. The molecule has 0 amide bonds. The molecule has 0 fully saturated rings. The Balaban J connectivity index is 3.80. The lowest BCUT2D eigenvalue weighted by atomic mass is 10.1. The Morgan fingerprint density at radius 1 is 1.50 bits per heavy atom. The quantitative estimate of drug-likeness (QED) is 0.353. The number of hydrogen-bond donors (Lipinski definition) is 3. The van der Waals surface area contributed by atoms with E-state index in [0.717, 1.165) is 0 Å². The van der Waals surface area contributed by atoms with Crippen LogP contribution in [0.1, 0.15) is 0 Å². The van der Waals surface area contributed by atoms with E-state index in [1.165, 1.54) is 0 Å². The number of aliphatic hydroxyl groups is 3. The van der Waals surface area contributed by atoms with E-state index in [4.69, 9.17) is 26.9 Å². The number of rotatable bonds is 4. The van der Waals surface area contributed by atoms with Gasteiger partial charge in [0, 0.05) is 0 Å². The molecular weight excluding hydrogens is 160 g/mol. The molecule has 3 atom stereocenters. The molecule has 0 rings (SSSR count). The van der Waals surface area contributed by atoms with E-state index in [-0.39, 0.29) is 0 Å². The summed E-state index contributed by atoms with van der Waals surface area (Å²) in [5, 5.41) is 24.6. The van der Waals surface area contributed by atoms with Crippen LogP contribution in [0, 0.1) is 0 Å². The van der Waals surface area contributed by atoms with Crippen LogP contribution in [0.5, 0.6) is 0 Å². The van der Waals surface area contributed by atoms with E-state index in [0.29, 0.717) is 6.29 Å². The lowest BCUT2D eigenvalue weighted by molar-refractivity contribution is -0.111. The highest BCUT2D eigenvalue weighted by molar-refractivity contribution is 6.28. The smallest absolute Gasteiger partial charge is 0.140 e. The minimum atomic E-state index is -1.40. The molecule has 0 aliphatic carbocycles. The van der Waals surface area contributed by atoms with Crippen LogP contribution in [-0.4, -0.2) is 45.8 Å². The molecule has 3 N–H and O–H groups in total. The molecule has 4 nitrogen and oxygen atoms in total. The standard InChI is InChI=1S/C5H9ClO4/c6-3(1-7)5(10)4(9)2-8/h1,3-5,8-10H,2H2/t3-,4+,5-/m0/s1. The minimum absolute atomic E-state index is 0.297.